The number of hydrogen-bond acceptors (Lipinski definition) is 5. The lowest BCUT2D eigenvalue weighted by atomic mass is 9.89. The van der Waals surface area contributed by atoms with Gasteiger partial charge in [-0.15, -0.1) is 0 Å². The molecule has 2 rings (SSSR count). The van der Waals surface area contributed by atoms with Crippen molar-refractivity contribution in [2.75, 3.05) is 13.1 Å². The molecule has 0 aromatic carbocycles. The minimum Gasteiger partial charge on any atom is -0.461 e. The van der Waals surface area contributed by atoms with Gasteiger partial charge in [-0.25, -0.2) is 0 Å². The van der Waals surface area contributed by atoms with Gasteiger partial charge in [-0.05, 0) is 71.2 Å². The van der Waals surface area contributed by atoms with Gasteiger partial charge < -0.3 is 10.1 Å². The molecule has 1 aromatic heterocycles. The molecule has 1 aliphatic rings. The summed E-state index contributed by atoms with van der Waals surface area (Å²) in [6, 6.07) is 3.41. The summed E-state index contributed by atoms with van der Waals surface area (Å²) in [5.74, 6) is 0.247. The molecule has 0 bridgehead atoms. The Kier molecular flexibility index (Phi) is 6.49. The maximum Gasteiger partial charge on any atom is 0.311 e. The lowest BCUT2D eigenvalue weighted by Crippen LogP contribution is -2.34. The summed E-state index contributed by atoms with van der Waals surface area (Å²) < 4.78 is 5.71. The van der Waals surface area contributed by atoms with Crippen molar-refractivity contribution in [1.29, 1.82) is 0 Å². The Balaban J connectivity index is 2.03. The van der Waals surface area contributed by atoms with Gasteiger partial charge in [0.1, 0.15) is 6.10 Å². The van der Waals surface area contributed by atoms with Crippen molar-refractivity contribution in [3.8, 4) is 0 Å². The third kappa shape index (κ3) is 5.71. The molecule has 1 aliphatic heterocycles. The molecule has 1 N–H and O–H groups in total. The number of aromatic nitrogens is 1. The van der Waals surface area contributed by atoms with Gasteiger partial charge in [0.25, 0.3) is 0 Å². The zero-order chi connectivity index (χ0) is 17.6. The normalized spacial score (nSPS) is 17.3. The van der Waals surface area contributed by atoms with Crippen LogP contribution in [-0.2, 0) is 9.53 Å². The van der Waals surface area contributed by atoms with Crippen molar-refractivity contribution in [3.63, 3.8) is 0 Å². The van der Waals surface area contributed by atoms with Gasteiger partial charge in [-0.3, -0.25) is 14.6 Å². The largest absolute Gasteiger partial charge is 0.461 e. The number of piperidine rings is 1. The first-order chi connectivity index (χ1) is 11.4. The van der Waals surface area contributed by atoms with E-state index in [-0.39, 0.29) is 24.3 Å². The SMILES string of the molecule is CC(C)(C)C(=O)OC(CC(=O)c1ccncc1)CC1CCNCC1. The van der Waals surface area contributed by atoms with Crippen LogP contribution in [-0.4, -0.2) is 35.9 Å². The molecule has 2 heterocycles. The highest BCUT2D eigenvalue weighted by atomic mass is 16.5. The number of ketones is 1. The molecule has 1 unspecified atom stereocenters. The molecule has 24 heavy (non-hydrogen) atoms. The van der Waals surface area contributed by atoms with Crippen LogP contribution >= 0.6 is 0 Å². The van der Waals surface area contributed by atoms with E-state index in [1.54, 1.807) is 24.5 Å². The van der Waals surface area contributed by atoms with Crippen molar-refractivity contribution >= 4 is 11.8 Å². The quantitative estimate of drug-likeness (QED) is 0.641. The fourth-order valence-corrected chi connectivity index (χ4v) is 2.85. The van der Waals surface area contributed by atoms with Crippen molar-refractivity contribution in [1.82, 2.24) is 10.3 Å². The number of nitrogens with zero attached hydrogens (tertiary/aromatic N) is 1. The standard InChI is InChI=1S/C19H28N2O3/c1-19(2,3)18(23)24-16(12-14-4-8-20-9-5-14)13-17(22)15-6-10-21-11-7-15/h6-7,10-11,14,16,20H,4-5,8-9,12-13H2,1-3H3. The van der Waals surface area contributed by atoms with Crippen LogP contribution in [0.5, 0.6) is 0 Å². The molecule has 1 atom stereocenters. The first-order valence-corrected chi connectivity index (χ1v) is 8.71. The molecule has 132 valence electrons. The second-order valence-electron chi connectivity index (χ2n) is 7.57. The van der Waals surface area contributed by atoms with Crippen molar-refractivity contribution in [2.45, 2.75) is 52.6 Å². The number of Topliss-reactive ketones (excluding diaryl/α,β-unsaturated/α-hetero) is 1. The Labute approximate surface area is 144 Å². The summed E-state index contributed by atoms with van der Waals surface area (Å²) in [7, 11) is 0. The van der Waals surface area contributed by atoms with E-state index in [9.17, 15) is 9.59 Å². The van der Waals surface area contributed by atoms with E-state index in [2.05, 4.69) is 10.3 Å². The summed E-state index contributed by atoms with van der Waals surface area (Å²) in [6.45, 7) is 7.48. The molecule has 0 aliphatic carbocycles. The molecule has 1 fully saturated rings. The molecule has 0 spiro atoms. The highest BCUT2D eigenvalue weighted by molar-refractivity contribution is 5.96. The lowest BCUT2D eigenvalue weighted by Gasteiger charge is -2.28. The molecular weight excluding hydrogens is 304 g/mol. The van der Waals surface area contributed by atoms with Crippen LogP contribution in [0.2, 0.25) is 0 Å². The summed E-state index contributed by atoms with van der Waals surface area (Å²) in [5, 5.41) is 3.34. The number of esters is 1. The first-order valence-electron chi connectivity index (χ1n) is 8.71. The van der Waals surface area contributed by atoms with Gasteiger partial charge >= 0.3 is 5.97 Å². The predicted octanol–water partition coefficient (Wildman–Crippen LogP) is 3.00. The summed E-state index contributed by atoms with van der Waals surface area (Å²) in [4.78, 5) is 28.7. The highest BCUT2D eigenvalue weighted by Crippen LogP contribution is 2.25. The second kappa shape index (κ2) is 8.38. The van der Waals surface area contributed by atoms with Crippen LogP contribution in [0.3, 0.4) is 0 Å². The number of carbonyl (C=O) groups excluding carboxylic acids is 2. The fourth-order valence-electron chi connectivity index (χ4n) is 2.85. The van der Waals surface area contributed by atoms with E-state index in [4.69, 9.17) is 4.74 Å². The Morgan fingerprint density at radius 3 is 2.46 bits per heavy atom. The number of nitrogens with one attached hydrogen (secondary N) is 1. The molecule has 0 saturated carbocycles. The summed E-state index contributed by atoms with van der Waals surface area (Å²) in [5.41, 5.74) is 0.0543. The first kappa shape index (κ1) is 18.6. The molecule has 1 saturated heterocycles. The lowest BCUT2D eigenvalue weighted by molar-refractivity contribution is -0.159. The average Bonchev–Trinajstić information content (AvgIpc) is 2.55. The van der Waals surface area contributed by atoms with Crippen LogP contribution in [0.1, 0.15) is 56.8 Å². The number of rotatable bonds is 6. The summed E-state index contributed by atoms with van der Waals surface area (Å²) in [6.07, 6.45) is 5.96. The topological polar surface area (TPSA) is 68.3 Å². The molecule has 0 radical (unpaired) electrons. The number of carbonyl (C=O) groups is 2. The van der Waals surface area contributed by atoms with Gasteiger partial charge in [0, 0.05) is 24.4 Å². The van der Waals surface area contributed by atoms with Gasteiger partial charge in [0.2, 0.25) is 0 Å². The minimum atomic E-state index is -0.563. The third-order valence-corrected chi connectivity index (χ3v) is 4.36. The van der Waals surface area contributed by atoms with Crippen LogP contribution in [0, 0.1) is 11.3 Å². The molecule has 5 heteroatoms. The number of pyridine rings is 1. The van der Waals surface area contributed by atoms with Crippen molar-refractivity contribution in [2.24, 2.45) is 11.3 Å². The molecular formula is C19H28N2O3. The zero-order valence-corrected chi connectivity index (χ0v) is 14.9. The monoisotopic (exact) mass is 332 g/mol. The van der Waals surface area contributed by atoms with Crippen molar-refractivity contribution in [3.05, 3.63) is 30.1 Å². The third-order valence-electron chi connectivity index (χ3n) is 4.36. The summed E-state index contributed by atoms with van der Waals surface area (Å²) >= 11 is 0. The van der Waals surface area contributed by atoms with E-state index in [0.29, 0.717) is 11.5 Å². The van der Waals surface area contributed by atoms with E-state index >= 15 is 0 Å². The van der Waals surface area contributed by atoms with E-state index < -0.39 is 5.41 Å². The van der Waals surface area contributed by atoms with Crippen LogP contribution in [0.4, 0.5) is 0 Å². The second-order valence-corrected chi connectivity index (χ2v) is 7.57. The van der Waals surface area contributed by atoms with Gasteiger partial charge in [-0.2, -0.15) is 0 Å². The zero-order valence-electron chi connectivity index (χ0n) is 14.9. The van der Waals surface area contributed by atoms with E-state index in [1.807, 2.05) is 20.8 Å². The van der Waals surface area contributed by atoms with Gasteiger partial charge in [0.05, 0.1) is 5.41 Å². The maximum atomic E-state index is 12.5. The minimum absolute atomic E-state index is 0.00181. The van der Waals surface area contributed by atoms with Gasteiger partial charge in [-0.1, -0.05) is 0 Å². The Bertz CT molecular complexity index is 545. The molecule has 0 amide bonds. The molecule has 1 aromatic rings. The maximum absolute atomic E-state index is 12.5. The predicted molar refractivity (Wildman–Crippen MR) is 92.7 cm³/mol. The van der Waals surface area contributed by atoms with Crippen LogP contribution < -0.4 is 5.32 Å². The van der Waals surface area contributed by atoms with Crippen LogP contribution in [0.25, 0.3) is 0 Å². The Morgan fingerprint density at radius 2 is 1.88 bits per heavy atom. The highest BCUT2D eigenvalue weighted by Gasteiger charge is 2.29. The van der Waals surface area contributed by atoms with Gasteiger partial charge in [0.15, 0.2) is 5.78 Å². The Morgan fingerprint density at radius 1 is 1.25 bits per heavy atom. The van der Waals surface area contributed by atoms with Crippen molar-refractivity contribution < 1.29 is 14.3 Å². The van der Waals surface area contributed by atoms with E-state index in [0.717, 1.165) is 32.4 Å². The number of ether oxygens (including phenoxy) is 1. The van der Waals surface area contributed by atoms with E-state index in [1.165, 1.54) is 0 Å². The molecule has 5 nitrogen and oxygen atoms in total. The average molecular weight is 332 g/mol. The smallest absolute Gasteiger partial charge is 0.311 e. The number of hydrogen-bond donors (Lipinski definition) is 1. The van der Waals surface area contributed by atoms with Crippen LogP contribution in [0.15, 0.2) is 24.5 Å². The Hall–Kier alpha value is -1.75. The fraction of sp³-hybridized carbons (Fsp3) is 0.632.